The van der Waals surface area contributed by atoms with Crippen LogP contribution in [0.15, 0.2) is 18.2 Å². The third-order valence-corrected chi connectivity index (χ3v) is 4.84. The largest absolute Gasteiger partial charge is 0.494 e. The van der Waals surface area contributed by atoms with Crippen LogP contribution in [-0.2, 0) is 6.42 Å². The molecular weight excluding hydrogens is 241 g/mol. The fraction of sp³-hybridized carbons (Fsp3) is 0.625. The van der Waals surface area contributed by atoms with Crippen molar-refractivity contribution in [3.05, 3.63) is 29.6 Å². The van der Waals surface area contributed by atoms with Crippen LogP contribution >= 0.6 is 0 Å². The van der Waals surface area contributed by atoms with Crippen LogP contribution in [0.4, 0.5) is 4.39 Å². The van der Waals surface area contributed by atoms with Gasteiger partial charge in [0.15, 0.2) is 11.6 Å². The molecule has 2 nitrogen and oxygen atoms in total. The highest BCUT2D eigenvalue weighted by Crippen LogP contribution is 2.38. The number of hydrogen-bond acceptors (Lipinski definition) is 2. The minimum atomic E-state index is -0.301. The van der Waals surface area contributed by atoms with Gasteiger partial charge in [-0.2, -0.15) is 0 Å². The lowest BCUT2D eigenvalue weighted by Crippen LogP contribution is -2.52. The van der Waals surface area contributed by atoms with Gasteiger partial charge in [0.1, 0.15) is 0 Å². The second-order valence-electron chi connectivity index (χ2n) is 6.00. The molecule has 1 aliphatic carbocycles. The SMILES string of the molecule is COc1cccc(CC2(N)CCCC(C)C2C)c1F. The maximum Gasteiger partial charge on any atom is 0.168 e. The fourth-order valence-corrected chi connectivity index (χ4v) is 3.25. The zero-order chi connectivity index (χ0) is 14.0. The van der Waals surface area contributed by atoms with Crippen LogP contribution in [0.1, 0.15) is 38.7 Å². The van der Waals surface area contributed by atoms with Gasteiger partial charge in [-0.05, 0) is 36.3 Å². The number of nitrogens with two attached hydrogens (primary N) is 1. The molecule has 0 saturated heterocycles. The van der Waals surface area contributed by atoms with Crippen LogP contribution in [0.2, 0.25) is 0 Å². The van der Waals surface area contributed by atoms with E-state index >= 15 is 0 Å². The van der Waals surface area contributed by atoms with Crippen molar-refractivity contribution in [3.8, 4) is 5.75 Å². The Balaban J connectivity index is 2.25. The normalized spacial score (nSPS) is 31.2. The molecule has 3 heteroatoms. The van der Waals surface area contributed by atoms with Crippen molar-refractivity contribution in [3.63, 3.8) is 0 Å². The first-order valence-electron chi connectivity index (χ1n) is 7.08. The van der Waals surface area contributed by atoms with E-state index in [0.29, 0.717) is 29.6 Å². The van der Waals surface area contributed by atoms with E-state index in [2.05, 4.69) is 13.8 Å². The predicted octanol–water partition coefficient (Wildman–Crippen LogP) is 3.53. The maximum atomic E-state index is 14.2. The van der Waals surface area contributed by atoms with E-state index in [1.165, 1.54) is 13.5 Å². The summed E-state index contributed by atoms with van der Waals surface area (Å²) in [6, 6.07) is 5.30. The van der Waals surface area contributed by atoms with Gasteiger partial charge >= 0.3 is 0 Å². The molecule has 1 aliphatic rings. The Kier molecular flexibility index (Phi) is 4.14. The molecule has 2 N–H and O–H groups in total. The summed E-state index contributed by atoms with van der Waals surface area (Å²) in [6.07, 6.45) is 3.91. The smallest absolute Gasteiger partial charge is 0.168 e. The molecule has 0 spiro atoms. The number of hydrogen-bond donors (Lipinski definition) is 1. The van der Waals surface area contributed by atoms with Gasteiger partial charge in [0.05, 0.1) is 7.11 Å². The summed E-state index contributed by atoms with van der Waals surface area (Å²) >= 11 is 0. The first-order valence-corrected chi connectivity index (χ1v) is 7.08. The molecule has 3 atom stereocenters. The van der Waals surface area contributed by atoms with E-state index < -0.39 is 0 Å². The van der Waals surface area contributed by atoms with Crippen LogP contribution in [0.3, 0.4) is 0 Å². The number of rotatable bonds is 3. The quantitative estimate of drug-likeness (QED) is 0.907. The zero-order valence-corrected chi connectivity index (χ0v) is 12.1. The summed E-state index contributed by atoms with van der Waals surface area (Å²) in [5.74, 6) is 1.05. The van der Waals surface area contributed by atoms with Crippen molar-refractivity contribution in [2.45, 2.75) is 45.1 Å². The predicted molar refractivity (Wildman–Crippen MR) is 75.8 cm³/mol. The topological polar surface area (TPSA) is 35.2 Å². The maximum absolute atomic E-state index is 14.2. The van der Waals surface area contributed by atoms with E-state index in [-0.39, 0.29) is 11.4 Å². The fourth-order valence-electron chi connectivity index (χ4n) is 3.25. The van der Waals surface area contributed by atoms with Gasteiger partial charge in [-0.25, -0.2) is 4.39 Å². The van der Waals surface area contributed by atoms with Gasteiger partial charge in [0.25, 0.3) is 0 Å². The Morgan fingerprint density at radius 3 is 2.84 bits per heavy atom. The lowest BCUT2D eigenvalue weighted by Gasteiger charge is -2.43. The summed E-state index contributed by atoms with van der Waals surface area (Å²) in [4.78, 5) is 0. The summed E-state index contributed by atoms with van der Waals surface area (Å²) < 4.78 is 19.3. The van der Waals surface area contributed by atoms with Crippen LogP contribution in [0, 0.1) is 17.7 Å². The average molecular weight is 265 g/mol. The summed E-state index contributed by atoms with van der Waals surface area (Å²) in [5.41, 5.74) is 6.95. The molecule has 1 aromatic rings. The van der Waals surface area contributed by atoms with Crippen LogP contribution in [-0.4, -0.2) is 12.6 Å². The van der Waals surface area contributed by atoms with E-state index in [9.17, 15) is 4.39 Å². The number of methoxy groups -OCH3 is 1. The van der Waals surface area contributed by atoms with Crippen molar-refractivity contribution in [1.29, 1.82) is 0 Å². The highest BCUT2D eigenvalue weighted by molar-refractivity contribution is 5.32. The Morgan fingerprint density at radius 1 is 1.42 bits per heavy atom. The van der Waals surface area contributed by atoms with Crippen molar-refractivity contribution in [1.82, 2.24) is 0 Å². The molecule has 2 rings (SSSR count). The van der Waals surface area contributed by atoms with Crippen molar-refractivity contribution in [2.75, 3.05) is 7.11 Å². The summed E-state index contributed by atoms with van der Waals surface area (Å²) in [7, 11) is 1.49. The monoisotopic (exact) mass is 265 g/mol. The minimum Gasteiger partial charge on any atom is -0.494 e. The molecule has 106 valence electrons. The Bertz CT molecular complexity index is 448. The van der Waals surface area contributed by atoms with Crippen molar-refractivity contribution >= 4 is 0 Å². The molecule has 0 aromatic heterocycles. The molecule has 3 unspecified atom stereocenters. The number of benzene rings is 1. The molecule has 0 amide bonds. The molecular formula is C16H24FNO. The van der Waals surface area contributed by atoms with Gasteiger partial charge in [0, 0.05) is 5.54 Å². The first kappa shape index (κ1) is 14.3. The zero-order valence-electron chi connectivity index (χ0n) is 12.1. The Morgan fingerprint density at radius 2 is 2.16 bits per heavy atom. The number of halogens is 1. The number of ether oxygens (including phenoxy) is 1. The van der Waals surface area contributed by atoms with E-state index in [1.807, 2.05) is 12.1 Å². The van der Waals surface area contributed by atoms with Gasteiger partial charge in [-0.3, -0.25) is 0 Å². The summed E-state index contributed by atoms with van der Waals surface area (Å²) in [6.45, 7) is 4.44. The first-order chi connectivity index (χ1) is 8.98. The minimum absolute atomic E-state index is 0.264. The van der Waals surface area contributed by atoms with E-state index in [4.69, 9.17) is 10.5 Å². The third-order valence-electron chi connectivity index (χ3n) is 4.84. The highest BCUT2D eigenvalue weighted by Gasteiger charge is 2.38. The van der Waals surface area contributed by atoms with Gasteiger partial charge < -0.3 is 10.5 Å². The van der Waals surface area contributed by atoms with Crippen LogP contribution in [0.25, 0.3) is 0 Å². The lowest BCUT2D eigenvalue weighted by atomic mass is 9.66. The van der Waals surface area contributed by atoms with Crippen molar-refractivity contribution < 1.29 is 9.13 Å². The second-order valence-corrected chi connectivity index (χ2v) is 6.00. The molecule has 1 fully saturated rings. The van der Waals surface area contributed by atoms with Gasteiger partial charge in [0.2, 0.25) is 0 Å². The highest BCUT2D eigenvalue weighted by atomic mass is 19.1. The molecule has 0 bridgehead atoms. The molecule has 1 saturated carbocycles. The van der Waals surface area contributed by atoms with Gasteiger partial charge in [-0.15, -0.1) is 0 Å². The standard InChI is InChI=1S/C16H24FNO/c1-11-6-5-9-16(18,12(11)2)10-13-7-4-8-14(19-3)15(13)17/h4,7-8,11-12H,5-6,9-10,18H2,1-3H3. The van der Waals surface area contributed by atoms with E-state index in [0.717, 1.165) is 12.8 Å². The molecule has 1 aromatic carbocycles. The third kappa shape index (κ3) is 2.76. The van der Waals surface area contributed by atoms with Crippen molar-refractivity contribution in [2.24, 2.45) is 17.6 Å². The van der Waals surface area contributed by atoms with E-state index in [1.54, 1.807) is 6.07 Å². The molecule has 0 radical (unpaired) electrons. The molecule has 0 aliphatic heterocycles. The lowest BCUT2D eigenvalue weighted by molar-refractivity contribution is 0.142. The van der Waals surface area contributed by atoms with Crippen LogP contribution < -0.4 is 10.5 Å². The summed E-state index contributed by atoms with van der Waals surface area (Å²) in [5, 5.41) is 0. The molecule has 19 heavy (non-hydrogen) atoms. The van der Waals surface area contributed by atoms with Gasteiger partial charge in [-0.1, -0.05) is 38.8 Å². The average Bonchev–Trinajstić information content (AvgIpc) is 2.39. The molecule has 0 heterocycles. The Labute approximate surface area is 115 Å². The van der Waals surface area contributed by atoms with Crippen LogP contribution in [0.5, 0.6) is 5.75 Å². The Hall–Kier alpha value is -1.09. The second kappa shape index (κ2) is 5.49.